The van der Waals surface area contributed by atoms with Crippen LogP contribution in [0.2, 0.25) is 0 Å². The van der Waals surface area contributed by atoms with Gasteiger partial charge in [0.15, 0.2) is 0 Å². The highest BCUT2D eigenvalue weighted by Crippen LogP contribution is 2.23. The summed E-state index contributed by atoms with van der Waals surface area (Å²) >= 11 is 0. The fourth-order valence-electron chi connectivity index (χ4n) is 2.63. The van der Waals surface area contributed by atoms with Crippen molar-refractivity contribution in [3.8, 4) is 0 Å². The Balaban J connectivity index is 2.32. The van der Waals surface area contributed by atoms with Gasteiger partial charge in [-0.3, -0.25) is 16.3 Å². The fraction of sp³-hybridized carbons (Fsp3) is 0.312. The third kappa shape index (κ3) is 3.21. The van der Waals surface area contributed by atoms with E-state index in [0.717, 1.165) is 5.56 Å². The molecule has 0 saturated carbocycles. The third-order valence-electron chi connectivity index (χ3n) is 3.58. The second-order valence-electron chi connectivity index (χ2n) is 5.24. The second-order valence-corrected chi connectivity index (χ2v) is 5.24. The highest BCUT2D eigenvalue weighted by molar-refractivity contribution is 5.38. The lowest BCUT2D eigenvalue weighted by molar-refractivity contribution is 0.539. The minimum absolute atomic E-state index is 0.154. The number of nitrogens with one attached hydrogen (secondary N) is 1. The molecule has 0 radical (unpaired) electrons. The molecule has 0 saturated heterocycles. The van der Waals surface area contributed by atoms with E-state index < -0.39 is 0 Å². The molecule has 0 aliphatic heterocycles. The van der Waals surface area contributed by atoms with Gasteiger partial charge in [-0.05, 0) is 55.5 Å². The Kier molecular flexibility index (Phi) is 4.47. The molecule has 1 atom stereocenters. The van der Waals surface area contributed by atoms with Crippen molar-refractivity contribution >= 4 is 0 Å². The minimum atomic E-state index is -0.347. The Bertz CT molecular complexity index is 587. The van der Waals surface area contributed by atoms with Gasteiger partial charge in [-0.2, -0.15) is 0 Å². The predicted octanol–water partition coefficient (Wildman–Crippen LogP) is 2.89. The van der Waals surface area contributed by atoms with Crippen molar-refractivity contribution in [2.75, 3.05) is 0 Å². The number of benzene rings is 1. The molecule has 3 N–H and O–H groups in total. The Morgan fingerprint density at radius 3 is 2.35 bits per heavy atom. The number of aryl methyl sites for hydroxylation is 3. The van der Waals surface area contributed by atoms with Crippen LogP contribution >= 0.6 is 0 Å². The summed E-state index contributed by atoms with van der Waals surface area (Å²) in [6.45, 7) is 6.26. The molecule has 0 aliphatic rings. The van der Waals surface area contributed by atoms with Gasteiger partial charge < -0.3 is 0 Å². The molecule has 0 spiro atoms. The first-order valence-electron chi connectivity index (χ1n) is 6.64. The summed E-state index contributed by atoms with van der Waals surface area (Å²) in [4.78, 5) is 3.88. The number of halogens is 1. The minimum Gasteiger partial charge on any atom is -0.271 e. The Morgan fingerprint density at radius 1 is 1.15 bits per heavy atom. The zero-order chi connectivity index (χ0) is 14.7. The van der Waals surface area contributed by atoms with Crippen LogP contribution in [0.25, 0.3) is 0 Å². The second kappa shape index (κ2) is 6.11. The summed E-state index contributed by atoms with van der Waals surface area (Å²) in [6.07, 6.45) is 3.55. The van der Waals surface area contributed by atoms with E-state index in [4.69, 9.17) is 5.84 Å². The van der Waals surface area contributed by atoms with Gasteiger partial charge in [0.05, 0.1) is 12.2 Å². The van der Waals surface area contributed by atoms with Crippen LogP contribution in [0, 0.1) is 26.6 Å². The van der Waals surface area contributed by atoms with Gasteiger partial charge in [-0.1, -0.05) is 17.7 Å². The first kappa shape index (κ1) is 14.6. The lowest BCUT2D eigenvalue weighted by atomic mass is 9.92. The molecular formula is C16H20FN3. The van der Waals surface area contributed by atoms with Gasteiger partial charge in [0.25, 0.3) is 0 Å². The smallest absolute Gasteiger partial charge is 0.141 e. The van der Waals surface area contributed by atoms with E-state index in [-0.39, 0.29) is 11.9 Å². The Morgan fingerprint density at radius 2 is 1.80 bits per heavy atom. The average Bonchev–Trinajstić information content (AvgIpc) is 2.38. The lowest BCUT2D eigenvalue weighted by Crippen LogP contribution is -2.30. The van der Waals surface area contributed by atoms with Crippen LogP contribution in [-0.2, 0) is 6.42 Å². The van der Waals surface area contributed by atoms with Gasteiger partial charge in [0.1, 0.15) is 5.82 Å². The summed E-state index contributed by atoms with van der Waals surface area (Å²) in [6, 6.07) is 5.62. The third-order valence-corrected chi connectivity index (χ3v) is 3.58. The summed E-state index contributed by atoms with van der Waals surface area (Å²) in [5.74, 6) is 5.29. The van der Waals surface area contributed by atoms with Crippen molar-refractivity contribution in [2.24, 2.45) is 5.84 Å². The SMILES string of the molecule is Cc1cc(C)c(CC(NN)c2cncc(F)c2)c(C)c1. The highest BCUT2D eigenvalue weighted by atomic mass is 19.1. The van der Waals surface area contributed by atoms with Crippen molar-refractivity contribution in [1.82, 2.24) is 10.4 Å². The quantitative estimate of drug-likeness (QED) is 0.665. The number of rotatable bonds is 4. The molecule has 0 fully saturated rings. The van der Waals surface area contributed by atoms with E-state index in [1.54, 1.807) is 6.20 Å². The fourth-order valence-corrected chi connectivity index (χ4v) is 2.63. The van der Waals surface area contributed by atoms with E-state index in [0.29, 0.717) is 6.42 Å². The first-order valence-corrected chi connectivity index (χ1v) is 6.64. The number of hydrogen-bond donors (Lipinski definition) is 2. The molecule has 2 aromatic rings. The number of pyridine rings is 1. The number of hydrogen-bond acceptors (Lipinski definition) is 3. The molecule has 0 aliphatic carbocycles. The molecule has 1 unspecified atom stereocenters. The molecular weight excluding hydrogens is 253 g/mol. The molecule has 0 amide bonds. The summed E-state index contributed by atoms with van der Waals surface area (Å²) in [5, 5.41) is 0. The zero-order valence-corrected chi connectivity index (χ0v) is 12.1. The van der Waals surface area contributed by atoms with E-state index >= 15 is 0 Å². The first-order chi connectivity index (χ1) is 9.51. The summed E-state index contributed by atoms with van der Waals surface area (Å²) < 4.78 is 13.3. The van der Waals surface area contributed by atoms with Gasteiger partial charge in [-0.15, -0.1) is 0 Å². The molecule has 2 rings (SSSR count). The normalized spacial score (nSPS) is 12.4. The van der Waals surface area contributed by atoms with Crippen LogP contribution in [0.15, 0.2) is 30.6 Å². The zero-order valence-electron chi connectivity index (χ0n) is 12.1. The monoisotopic (exact) mass is 273 g/mol. The number of aromatic nitrogens is 1. The maximum Gasteiger partial charge on any atom is 0.141 e. The predicted molar refractivity (Wildman–Crippen MR) is 78.6 cm³/mol. The van der Waals surface area contributed by atoms with Crippen molar-refractivity contribution in [1.29, 1.82) is 0 Å². The van der Waals surface area contributed by atoms with E-state index in [1.807, 2.05) is 0 Å². The largest absolute Gasteiger partial charge is 0.271 e. The van der Waals surface area contributed by atoms with Crippen LogP contribution in [0.1, 0.15) is 33.9 Å². The molecule has 0 bridgehead atoms. The molecule has 20 heavy (non-hydrogen) atoms. The standard InChI is InChI=1S/C16H20FN3/c1-10-4-11(2)15(12(3)5-10)7-16(20-18)13-6-14(17)9-19-8-13/h4-6,8-9,16,20H,7,18H2,1-3H3. The Labute approximate surface area is 119 Å². The van der Waals surface area contributed by atoms with E-state index in [2.05, 4.69) is 43.3 Å². The number of nitrogens with two attached hydrogens (primary N) is 1. The maximum atomic E-state index is 13.3. The van der Waals surface area contributed by atoms with E-state index in [1.165, 1.54) is 34.5 Å². The Hall–Kier alpha value is -1.78. The van der Waals surface area contributed by atoms with Gasteiger partial charge in [-0.25, -0.2) is 4.39 Å². The molecule has 4 heteroatoms. The van der Waals surface area contributed by atoms with Crippen molar-refractivity contribution in [3.05, 3.63) is 64.2 Å². The average molecular weight is 273 g/mol. The van der Waals surface area contributed by atoms with Crippen LogP contribution < -0.4 is 11.3 Å². The van der Waals surface area contributed by atoms with Crippen LogP contribution in [0.4, 0.5) is 4.39 Å². The lowest BCUT2D eigenvalue weighted by Gasteiger charge is -2.19. The number of nitrogens with zero attached hydrogens (tertiary/aromatic N) is 1. The van der Waals surface area contributed by atoms with Crippen molar-refractivity contribution in [3.63, 3.8) is 0 Å². The molecule has 1 aromatic carbocycles. The van der Waals surface area contributed by atoms with E-state index in [9.17, 15) is 4.39 Å². The van der Waals surface area contributed by atoms with Crippen LogP contribution in [-0.4, -0.2) is 4.98 Å². The van der Waals surface area contributed by atoms with Crippen LogP contribution in [0.5, 0.6) is 0 Å². The van der Waals surface area contributed by atoms with Crippen LogP contribution in [0.3, 0.4) is 0 Å². The topological polar surface area (TPSA) is 50.9 Å². The van der Waals surface area contributed by atoms with Gasteiger partial charge in [0, 0.05) is 6.20 Å². The summed E-state index contributed by atoms with van der Waals surface area (Å²) in [7, 11) is 0. The van der Waals surface area contributed by atoms with Gasteiger partial charge >= 0.3 is 0 Å². The molecule has 1 heterocycles. The summed E-state index contributed by atoms with van der Waals surface area (Å²) in [5.41, 5.74) is 8.45. The van der Waals surface area contributed by atoms with Gasteiger partial charge in [0.2, 0.25) is 0 Å². The highest BCUT2D eigenvalue weighted by Gasteiger charge is 2.15. The molecule has 3 nitrogen and oxygen atoms in total. The van der Waals surface area contributed by atoms with Crippen molar-refractivity contribution < 1.29 is 4.39 Å². The molecule has 1 aromatic heterocycles. The van der Waals surface area contributed by atoms with Crippen molar-refractivity contribution in [2.45, 2.75) is 33.2 Å². The maximum absolute atomic E-state index is 13.3. The number of hydrazine groups is 1. The molecule has 106 valence electrons.